The molecule has 0 radical (unpaired) electrons. The summed E-state index contributed by atoms with van der Waals surface area (Å²) in [5, 5.41) is 2.46. The Kier molecular flexibility index (Phi) is 10.8. The van der Waals surface area contributed by atoms with Crippen molar-refractivity contribution in [2.45, 2.75) is 103 Å². The van der Waals surface area contributed by atoms with E-state index in [1.165, 1.54) is 26.4 Å². The van der Waals surface area contributed by atoms with Crippen LogP contribution in [0.15, 0.2) is 78.9 Å². The van der Waals surface area contributed by atoms with Gasteiger partial charge in [-0.1, -0.05) is 127 Å². The van der Waals surface area contributed by atoms with Gasteiger partial charge in [0.25, 0.3) is 0 Å². The second kappa shape index (κ2) is 14.1. The zero-order chi connectivity index (χ0) is 33.9. The van der Waals surface area contributed by atoms with Gasteiger partial charge in [0, 0.05) is 12.8 Å². The number of amides is 2. The van der Waals surface area contributed by atoms with Crippen molar-refractivity contribution in [2.24, 2.45) is 0 Å². The van der Waals surface area contributed by atoms with Gasteiger partial charge in [0.05, 0.1) is 22.2 Å². The second-order valence-corrected chi connectivity index (χ2v) is 24.6. The number of esters is 1. The summed E-state index contributed by atoms with van der Waals surface area (Å²) < 4.78 is 11.4. The van der Waals surface area contributed by atoms with E-state index in [9.17, 15) is 14.4 Å². The smallest absolute Gasteiger partial charge is 0.416 e. The van der Waals surface area contributed by atoms with E-state index in [1.54, 1.807) is 0 Å². The van der Waals surface area contributed by atoms with Gasteiger partial charge >= 0.3 is 12.1 Å². The molecule has 3 aromatic rings. The Morgan fingerprint density at radius 1 is 0.804 bits per heavy atom. The predicted octanol–water partition coefficient (Wildman–Crippen LogP) is 7.29. The van der Waals surface area contributed by atoms with Crippen molar-refractivity contribution in [3.63, 3.8) is 0 Å². The second-order valence-electron chi connectivity index (χ2n) is 15.1. The van der Waals surface area contributed by atoms with Gasteiger partial charge in [-0.25, -0.2) is 9.69 Å². The largest absolute Gasteiger partial charge is 0.460 e. The van der Waals surface area contributed by atoms with Crippen molar-refractivity contribution < 1.29 is 23.9 Å². The van der Waals surface area contributed by atoms with E-state index in [2.05, 4.69) is 88.6 Å². The number of imide groups is 1. The lowest BCUT2D eigenvalue weighted by Crippen LogP contribution is -2.57. The zero-order valence-electron chi connectivity index (χ0n) is 29.1. The van der Waals surface area contributed by atoms with E-state index in [1.807, 2.05) is 51.1 Å². The Hall–Kier alpha value is -3.50. The molecule has 0 aliphatic carbocycles. The van der Waals surface area contributed by atoms with Crippen LogP contribution in [0.4, 0.5) is 4.79 Å². The number of hydrogen-bond donors (Lipinski definition) is 0. The summed E-state index contributed by atoms with van der Waals surface area (Å²) in [5.41, 5.74) is 2.49. The molecule has 2 amide bonds. The molecule has 46 heavy (non-hydrogen) atoms. The topological polar surface area (TPSA) is 72.9 Å². The molecule has 0 bridgehead atoms. The maximum atomic E-state index is 14.5. The van der Waals surface area contributed by atoms with Crippen molar-refractivity contribution in [1.29, 1.82) is 0 Å². The minimum Gasteiger partial charge on any atom is -0.460 e. The molecule has 3 atom stereocenters. The Labute approximate surface area is 277 Å². The number of benzene rings is 3. The summed E-state index contributed by atoms with van der Waals surface area (Å²) in [6.07, 6.45) is 0.316. The molecule has 246 valence electrons. The van der Waals surface area contributed by atoms with Crippen LogP contribution in [-0.2, 0) is 25.5 Å². The normalized spacial score (nSPS) is 16.9. The van der Waals surface area contributed by atoms with Gasteiger partial charge in [0.15, 0.2) is 0 Å². The highest BCUT2D eigenvalue weighted by atomic mass is 28.3. The first kappa shape index (κ1) is 35.4. The molecule has 6 nitrogen and oxygen atoms in total. The molecular formula is C38H51NO5Si2. The first-order valence-electron chi connectivity index (χ1n) is 16.4. The minimum absolute atomic E-state index is 0.122. The number of carbonyl (C=O) groups is 3. The van der Waals surface area contributed by atoms with Gasteiger partial charge in [-0.3, -0.25) is 9.59 Å². The van der Waals surface area contributed by atoms with Crippen LogP contribution < -0.4 is 10.4 Å². The van der Waals surface area contributed by atoms with Crippen LogP contribution in [-0.4, -0.2) is 57.3 Å². The number of hydrogen-bond acceptors (Lipinski definition) is 5. The van der Waals surface area contributed by atoms with Crippen LogP contribution in [0.25, 0.3) is 0 Å². The van der Waals surface area contributed by atoms with Crippen LogP contribution in [0.1, 0.15) is 50.3 Å². The lowest BCUT2D eigenvalue weighted by atomic mass is 10.0. The van der Waals surface area contributed by atoms with Crippen molar-refractivity contribution in [3.8, 4) is 0 Å². The zero-order valence-corrected chi connectivity index (χ0v) is 31.1. The highest BCUT2D eigenvalue weighted by Gasteiger charge is 2.50. The van der Waals surface area contributed by atoms with Crippen LogP contribution in [0.2, 0.25) is 37.3 Å². The van der Waals surface area contributed by atoms with Crippen molar-refractivity contribution in [3.05, 3.63) is 95.6 Å². The number of carbonyl (C=O) groups excluding carboxylic acids is 3. The maximum absolute atomic E-state index is 14.5. The van der Waals surface area contributed by atoms with Crippen LogP contribution >= 0.6 is 0 Å². The molecular weight excluding hydrogens is 607 g/mol. The number of cyclic esters (lactones) is 1. The third-order valence-electron chi connectivity index (χ3n) is 9.68. The Bertz CT molecular complexity index is 1510. The Morgan fingerprint density at radius 3 is 1.76 bits per heavy atom. The minimum atomic E-state index is -2.48. The van der Waals surface area contributed by atoms with Gasteiger partial charge < -0.3 is 9.47 Å². The van der Waals surface area contributed by atoms with Crippen molar-refractivity contribution in [1.82, 2.24) is 4.90 Å². The van der Waals surface area contributed by atoms with Crippen molar-refractivity contribution >= 4 is 44.5 Å². The van der Waals surface area contributed by atoms with Gasteiger partial charge in [0.2, 0.25) is 5.91 Å². The van der Waals surface area contributed by atoms with E-state index < -0.39 is 27.8 Å². The summed E-state index contributed by atoms with van der Waals surface area (Å²) in [7, 11) is -4.92. The first-order valence-corrected chi connectivity index (χ1v) is 22.5. The molecule has 3 aromatic carbocycles. The Morgan fingerprint density at radius 2 is 1.28 bits per heavy atom. The number of aryl methyl sites for hydroxylation is 2. The molecule has 0 aromatic heterocycles. The van der Waals surface area contributed by atoms with Gasteiger partial charge in [0.1, 0.15) is 12.2 Å². The maximum Gasteiger partial charge on any atom is 0.416 e. The SMILES string of the molecule is Cc1ccc([Si](C)(C)[C@H](CC(=O)OC(C)(C)C)[C@H](CC(=O)N2C(=O)OC[C@@H]2Cc2ccccc2)[Si](C)(C)c2ccc(C)cc2)cc1. The standard InChI is InChI=1S/C38H51NO5Si2/c1-27-15-19-31(20-16-27)45(6,7)33(24-35(40)39-30(26-43-37(39)42)23-29-13-11-10-12-14-29)34(25-36(41)44-38(3,4)5)46(8,9)32-21-17-28(2)18-22-32/h10-22,30,33-34H,23-26H2,1-9H3/t30-,33-,34+/m0/s1. The summed E-state index contributed by atoms with van der Waals surface area (Å²) in [6.45, 7) is 19.2. The van der Waals surface area contributed by atoms with E-state index in [4.69, 9.17) is 9.47 Å². The third-order valence-corrected chi connectivity index (χ3v) is 18.6. The van der Waals surface area contributed by atoms with Crippen LogP contribution in [0, 0.1) is 13.8 Å². The molecule has 0 spiro atoms. The first-order chi connectivity index (χ1) is 21.5. The lowest BCUT2D eigenvalue weighted by Gasteiger charge is -2.45. The molecule has 1 aliphatic heterocycles. The molecule has 0 saturated carbocycles. The molecule has 4 rings (SSSR count). The number of nitrogens with zero attached hydrogens (tertiary/aromatic N) is 1. The summed E-state index contributed by atoms with van der Waals surface area (Å²) >= 11 is 0. The number of rotatable bonds is 11. The van der Waals surface area contributed by atoms with Gasteiger partial charge in [-0.15, -0.1) is 0 Å². The molecule has 8 heteroatoms. The van der Waals surface area contributed by atoms with Gasteiger partial charge in [-0.05, 0) is 57.7 Å². The highest BCUT2D eigenvalue weighted by molar-refractivity contribution is 6.96. The summed E-state index contributed by atoms with van der Waals surface area (Å²) in [6, 6.07) is 26.8. The fourth-order valence-electron chi connectivity index (χ4n) is 6.85. The van der Waals surface area contributed by atoms with Crippen molar-refractivity contribution in [2.75, 3.05) is 6.61 Å². The molecule has 1 saturated heterocycles. The highest BCUT2D eigenvalue weighted by Crippen LogP contribution is 2.46. The fraction of sp³-hybridized carbons (Fsp3) is 0.447. The quantitative estimate of drug-likeness (QED) is 0.160. The van der Waals surface area contributed by atoms with Gasteiger partial charge in [-0.2, -0.15) is 0 Å². The van der Waals surface area contributed by atoms with Crippen LogP contribution in [0.5, 0.6) is 0 Å². The van der Waals surface area contributed by atoms with E-state index in [0.29, 0.717) is 6.42 Å². The monoisotopic (exact) mass is 657 g/mol. The molecule has 1 heterocycles. The summed E-state index contributed by atoms with van der Waals surface area (Å²) in [5.74, 6) is -0.483. The van der Waals surface area contributed by atoms with E-state index >= 15 is 0 Å². The molecule has 0 unspecified atom stereocenters. The average Bonchev–Trinajstić information content (AvgIpc) is 3.34. The Balaban J connectivity index is 1.81. The predicted molar refractivity (Wildman–Crippen MR) is 191 cm³/mol. The lowest BCUT2D eigenvalue weighted by molar-refractivity contribution is -0.155. The van der Waals surface area contributed by atoms with E-state index in [0.717, 1.165) is 5.56 Å². The van der Waals surface area contributed by atoms with Crippen LogP contribution in [0.3, 0.4) is 0 Å². The average molecular weight is 658 g/mol. The summed E-state index contributed by atoms with van der Waals surface area (Å²) in [4.78, 5) is 42.7. The third kappa shape index (κ3) is 8.45. The molecule has 0 N–H and O–H groups in total. The van der Waals surface area contributed by atoms with E-state index in [-0.39, 0.29) is 48.4 Å². The molecule has 1 fully saturated rings. The fourth-order valence-corrected chi connectivity index (χ4v) is 15.9. The molecule has 1 aliphatic rings. The number of ether oxygens (including phenoxy) is 2.